The van der Waals surface area contributed by atoms with E-state index in [9.17, 15) is 4.79 Å². The Morgan fingerprint density at radius 3 is 2.67 bits per heavy atom. The summed E-state index contributed by atoms with van der Waals surface area (Å²) in [6, 6.07) is 5.04. The summed E-state index contributed by atoms with van der Waals surface area (Å²) in [5.41, 5.74) is 1.80. The van der Waals surface area contributed by atoms with E-state index in [1.54, 1.807) is 18.2 Å². The number of aromatic nitrogens is 2. The third kappa shape index (κ3) is 2.69. The Kier molecular flexibility index (Phi) is 3.65. The number of aromatic amines is 1. The van der Waals surface area contributed by atoms with Crippen LogP contribution in [-0.2, 0) is 0 Å². The van der Waals surface area contributed by atoms with Gasteiger partial charge < -0.3 is 10.1 Å². The van der Waals surface area contributed by atoms with Gasteiger partial charge >= 0.3 is 6.09 Å². The van der Waals surface area contributed by atoms with Gasteiger partial charge in [0.25, 0.3) is 0 Å². The van der Waals surface area contributed by atoms with Crippen LogP contribution >= 0.6 is 34.8 Å². The Morgan fingerprint density at radius 1 is 1.33 bits per heavy atom. The lowest BCUT2D eigenvalue weighted by molar-refractivity contribution is 0.209. The lowest BCUT2D eigenvalue weighted by atomic mass is 10.2. The zero-order valence-electron chi connectivity index (χ0n) is 8.67. The molecule has 0 fully saturated rings. The van der Waals surface area contributed by atoms with Gasteiger partial charge in [0.1, 0.15) is 4.49 Å². The number of benzene rings is 1. The number of hydrogen-bond donors (Lipinski definition) is 3. The van der Waals surface area contributed by atoms with Crippen molar-refractivity contribution in [3.63, 3.8) is 0 Å². The third-order valence-electron chi connectivity index (χ3n) is 2.13. The molecule has 5 nitrogen and oxygen atoms in total. The molecule has 1 amide bonds. The molecule has 2 rings (SSSR count). The van der Waals surface area contributed by atoms with Crippen LogP contribution < -0.4 is 5.32 Å². The molecule has 0 aliphatic carbocycles. The van der Waals surface area contributed by atoms with Crippen LogP contribution in [0, 0.1) is 0 Å². The number of rotatable bonds is 2. The molecule has 1 aromatic heterocycles. The van der Waals surface area contributed by atoms with Crippen molar-refractivity contribution in [2.45, 2.75) is 0 Å². The second-order valence-electron chi connectivity index (χ2n) is 3.32. The van der Waals surface area contributed by atoms with E-state index < -0.39 is 6.09 Å². The largest absolute Gasteiger partial charge is 0.465 e. The number of H-pyrrole nitrogens is 1. The zero-order valence-corrected chi connectivity index (χ0v) is 10.9. The van der Waals surface area contributed by atoms with Crippen LogP contribution in [0.2, 0.25) is 0 Å². The molecule has 0 bridgehead atoms. The standard InChI is InChI=1S/C10H6Cl3N3O2/c11-7(8(12)13)4-1-2-5-6(3-4)15-9(14-5)16-10(17)18/h1-3H,(H,17,18)(H2,14,15,16). The van der Waals surface area contributed by atoms with Crippen LogP contribution in [-0.4, -0.2) is 21.2 Å². The first-order chi connectivity index (χ1) is 8.47. The number of anilines is 1. The topological polar surface area (TPSA) is 78.0 Å². The summed E-state index contributed by atoms with van der Waals surface area (Å²) in [5, 5.41) is 10.9. The highest BCUT2D eigenvalue weighted by Gasteiger charge is 2.08. The monoisotopic (exact) mass is 305 g/mol. The van der Waals surface area contributed by atoms with Crippen molar-refractivity contribution < 1.29 is 9.90 Å². The summed E-state index contributed by atoms with van der Waals surface area (Å²) in [5.74, 6) is 0.131. The van der Waals surface area contributed by atoms with Gasteiger partial charge in [-0.1, -0.05) is 40.9 Å². The van der Waals surface area contributed by atoms with Crippen molar-refractivity contribution in [1.82, 2.24) is 9.97 Å². The maximum Gasteiger partial charge on any atom is 0.411 e. The van der Waals surface area contributed by atoms with Gasteiger partial charge in [-0.3, -0.25) is 5.32 Å². The number of imidazole rings is 1. The third-order valence-corrected chi connectivity index (χ3v) is 3.11. The Morgan fingerprint density at radius 2 is 2.06 bits per heavy atom. The smallest absolute Gasteiger partial charge is 0.411 e. The van der Waals surface area contributed by atoms with E-state index in [-0.39, 0.29) is 15.5 Å². The first kappa shape index (κ1) is 13.0. The van der Waals surface area contributed by atoms with E-state index in [2.05, 4.69) is 15.3 Å². The zero-order chi connectivity index (χ0) is 13.3. The number of nitrogens with zero attached hydrogens (tertiary/aromatic N) is 1. The molecule has 0 spiro atoms. The fourth-order valence-corrected chi connectivity index (χ4v) is 1.75. The summed E-state index contributed by atoms with van der Waals surface area (Å²) >= 11 is 17.1. The van der Waals surface area contributed by atoms with E-state index >= 15 is 0 Å². The van der Waals surface area contributed by atoms with Gasteiger partial charge in [0, 0.05) is 0 Å². The highest BCUT2D eigenvalue weighted by atomic mass is 35.5. The van der Waals surface area contributed by atoms with Crippen LogP contribution in [0.1, 0.15) is 5.56 Å². The molecule has 0 aliphatic rings. The first-order valence-electron chi connectivity index (χ1n) is 4.68. The Bertz CT molecular complexity index is 647. The van der Waals surface area contributed by atoms with Gasteiger partial charge in [-0.25, -0.2) is 9.78 Å². The lowest BCUT2D eigenvalue weighted by Gasteiger charge is -1.98. The number of halogens is 3. The van der Waals surface area contributed by atoms with Crippen LogP contribution in [0.15, 0.2) is 22.7 Å². The van der Waals surface area contributed by atoms with Crippen molar-refractivity contribution in [2.75, 3.05) is 5.32 Å². The lowest BCUT2D eigenvalue weighted by Crippen LogP contribution is -2.08. The fourth-order valence-electron chi connectivity index (χ4n) is 1.41. The van der Waals surface area contributed by atoms with E-state index in [0.29, 0.717) is 16.6 Å². The van der Waals surface area contributed by atoms with Crippen molar-refractivity contribution in [3.05, 3.63) is 28.3 Å². The van der Waals surface area contributed by atoms with E-state index in [4.69, 9.17) is 39.9 Å². The number of carboxylic acid groups (broad SMARTS) is 1. The molecule has 8 heteroatoms. The molecule has 0 saturated heterocycles. The average molecular weight is 307 g/mol. The Labute approximate surface area is 116 Å². The Hall–Kier alpha value is -1.43. The number of hydrogen-bond acceptors (Lipinski definition) is 2. The Balaban J connectivity index is 2.46. The second-order valence-corrected chi connectivity index (χ2v) is 4.65. The molecular formula is C10H6Cl3N3O2. The predicted molar refractivity (Wildman–Crippen MR) is 72.2 cm³/mol. The second kappa shape index (κ2) is 5.06. The average Bonchev–Trinajstić information content (AvgIpc) is 2.67. The van der Waals surface area contributed by atoms with Crippen LogP contribution in [0.4, 0.5) is 10.7 Å². The van der Waals surface area contributed by atoms with Gasteiger partial charge in [0.05, 0.1) is 16.1 Å². The molecule has 94 valence electrons. The molecule has 1 aromatic carbocycles. The van der Waals surface area contributed by atoms with Crippen LogP contribution in [0.25, 0.3) is 16.1 Å². The fraction of sp³-hybridized carbons (Fsp3) is 0. The van der Waals surface area contributed by atoms with Crippen molar-refractivity contribution >= 4 is 62.9 Å². The van der Waals surface area contributed by atoms with Gasteiger partial charge in [-0.05, 0) is 17.7 Å². The summed E-state index contributed by atoms with van der Waals surface area (Å²) < 4.78 is -0.0459. The molecule has 0 radical (unpaired) electrons. The van der Waals surface area contributed by atoms with Gasteiger partial charge in [-0.2, -0.15) is 0 Å². The van der Waals surface area contributed by atoms with E-state index in [1.807, 2.05) is 0 Å². The van der Waals surface area contributed by atoms with Crippen molar-refractivity contribution in [1.29, 1.82) is 0 Å². The normalized spacial score (nSPS) is 10.4. The number of amides is 1. The van der Waals surface area contributed by atoms with Crippen molar-refractivity contribution in [3.8, 4) is 0 Å². The minimum atomic E-state index is -1.20. The summed E-state index contributed by atoms with van der Waals surface area (Å²) in [7, 11) is 0. The van der Waals surface area contributed by atoms with Crippen molar-refractivity contribution in [2.24, 2.45) is 0 Å². The minimum absolute atomic E-state index is 0.0459. The molecule has 0 saturated carbocycles. The summed E-state index contributed by atoms with van der Waals surface area (Å²) in [6.07, 6.45) is -1.20. The van der Waals surface area contributed by atoms with Crippen LogP contribution in [0.3, 0.4) is 0 Å². The van der Waals surface area contributed by atoms with E-state index in [0.717, 1.165) is 0 Å². The van der Waals surface area contributed by atoms with Gasteiger partial charge in [-0.15, -0.1) is 0 Å². The summed E-state index contributed by atoms with van der Waals surface area (Å²) in [4.78, 5) is 17.3. The minimum Gasteiger partial charge on any atom is -0.465 e. The number of nitrogens with one attached hydrogen (secondary N) is 2. The SMILES string of the molecule is O=C(O)Nc1nc2cc(C(Cl)=C(Cl)Cl)ccc2[nH]1. The molecule has 3 N–H and O–H groups in total. The molecule has 0 aliphatic heterocycles. The van der Waals surface area contributed by atoms with E-state index in [1.165, 1.54) is 0 Å². The predicted octanol–water partition coefficient (Wildman–Crippen LogP) is 4.00. The maximum atomic E-state index is 10.5. The number of carbonyl (C=O) groups is 1. The quantitative estimate of drug-likeness (QED) is 0.785. The molecule has 1 heterocycles. The summed E-state index contributed by atoms with van der Waals surface area (Å²) in [6.45, 7) is 0. The van der Waals surface area contributed by atoms with Gasteiger partial charge in [0.2, 0.25) is 5.95 Å². The molecule has 0 atom stereocenters. The number of fused-ring (bicyclic) bond motifs is 1. The van der Waals surface area contributed by atoms with Crippen LogP contribution in [0.5, 0.6) is 0 Å². The molecule has 2 aromatic rings. The highest BCUT2D eigenvalue weighted by Crippen LogP contribution is 2.29. The van der Waals surface area contributed by atoms with Gasteiger partial charge in [0.15, 0.2) is 0 Å². The highest BCUT2D eigenvalue weighted by molar-refractivity contribution is 6.66. The molecule has 0 unspecified atom stereocenters. The molecule has 18 heavy (non-hydrogen) atoms. The maximum absolute atomic E-state index is 10.5. The molecular weight excluding hydrogens is 300 g/mol. The first-order valence-corrected chi connectivity index (χ1v) is 5.81.